The molecule has 5 aliphatic carbocycles. The Morgan fingerprint density at radius 3 is 2.23 bits per heavy atom. The average molecular weight is 691 g/mol. The molecule has 0 aliphatic heterocycles. The minimum Gasteiger partial charge on any atom is -0.460 e. The highest BCUT2D eigenvalue weighted by atomic mass is 32.2. The predicted molar refractivity (Wildman–Crippen MR) is 175 cm³/mol. The van der Waals surface area contributed by atoms with Crippen molar-refractivity contribution in [3.05, 3.63) is 59.4 Å². The van der Waals surface area contributed by atoms with E-state index in [4.69, 9.17) is 8.92 Å². The van der Waals surface area contributed by atoms with Crippen molar-refractivity contribution in [2.24, 2.45) is 50.2 Å². The van der Waals surface area contributed by atoms with Crippen LogP contribution in [0.2, 0.25) is 0 Å². The number of carbonyl (C=O) groups is 2. The van der Waals surface area contributed by atoms with Crippen LogP contribution in [0, 0.1) is 50.2 Å². The Balaban J connectivity index is 1.33. The number of hydrogen-bond donors (Lipinski definition) is 0. The number of allylic oxidation sites excluding steroid dienone is 4. The van der Waals surface area contributed by atoms with Crippen molar-refractivity contribution in [2.45, 2.75) is 112 Å². The molecular weight excluding hydrogens is 641 g/mol. The first-order valence-corrected chi connectivity index (χ1v) is 18.6. The van der Waals surface area contributed by atoms with Crippen LogP contribution in [0.15, 0.2) is 53.8 Å². The molecule has 0 saturated heterocycles. The molecule has 10 heteroatoms. The van der Waals surface area contributed by atoms with Gasteiger partial charge in [-0.05, 0) is 110 Å². The fourth-order valence-corrected chi connectivity index (χ4v) is 11.8. The number of esters is 1. The van der Waals surface area contributed by atoms with E-state index < -0.39 is 43.2 Å². The van der Waals surface area contributed by atoms with E-state index in [0.717, 1.165) is 36.8 Å². The molecule has 3 fully saturated rings. The predicted octanol–water partition coefficient (Wildman–Crippen LogP) is 9.07. The zero-order valence-corrected chi connectivity index (χ0v) is 29.9. The minimum atomic E-state index is -5.83. The fourth-order valence-electron chi connectivity index (χ4n) is 11.2. The van der Waals surface area contributed by atoms with Crippen molar-refractivity contribution in [2.75, 3.05) is 0 Å². The van der Waals surface area contributed by atoms with Gasteiger partial charge in [0.1, 0.15) is 12.4 Å². The number of halogens is 3. The van der Waals surface area contributed by atoms with Crippen LogP contribution in [0.4, 0.5) is 13.2 Å². The molecule has 5 aliphatic rings. The van der Waals surface area contributed by atoms with E-state index in [0.29, 0.717) is 19.3 Å². The summed E-state index contributed by atoms with van der Waals surface area (Å²) in [5.41, 5.74) is -6.66. The lowest BCUT2D eigenvalue weighted by atomic mass is 9.34. The number of ketones is 1. The number of ether oxygens (including phenoxy) is 1. The summed E-state index contributed by atoms with van der Waals surface area (Å²) >= 11 is 0. The Bertz CT molecular complexity index is 1680. The van der Waals surface area contributed by atoms with Crippen LogP contribution < -0.4 is 0 Å². The average Bonchev–Trinajstić information content (AvgIpc) is 2.99. The molecule has 0 radical (unpaired) electrons. The van der Waals surface area contributed by atoms with E-state index in [1.54, 1.807) is 13.8 Å². The molecule has 1 aromatic carbocycles. The smallest absolute Gasteiger partial charge is 0.460 e. The molecule has 0 aromatic heterocycles. The number of rotatable bonds is 5. The number of fused-ring (bicyclic) bond motifs is 7. The van der Waals surface area contributed by atoms with Gasteiger partial charge in [-0.15, -0.1) is 0 Å². The van der Waals surface area contributed by atoms with Gasteiger partial charge in [-0.2, -0.15) is 21.6 Å². The lowest BCUT2D eigenvalue weighted by molar-refractivity contribution is -0.178. The van der Waals surface area contributed by atoms with Crippen LogP contribution in [0.25, 0.3) is 0 Å². The van der Waals surface area contributed by atoms with Crippen molar-refractivity contribution in [1.29, 1.82) is 0 Å². The van der Waals surface area contributed by atoms with Gasteiger partial charge >= 0.3 is 21.6 Å². The summed E-state index contributed by atoms with van der Waals surface area (Å²) in [7, 11) is -5.83. The first kappa shape index (κ1) is 35.2. The molecule has 8 atom stereocenters. The van der Waals surface area contributed by atoms with E-state index in [2.05, 4.69) is 27.7 Å². The lowest BCUT2D eigenvalue weighted by Crippen LogP contribution is -2.65. The highest BCUT2D eigenvalue weighted by molar-refractivity contribution is 7.87. The molecule has 6 rings (SSSR count). The maximum absolute atomic E-state index is 14.6. The first-order valence-electron chi connectivity index (χ1n) is 17.2. The van der Waals surface area contributed by atoms with Crippen molar-refractivity contribution >= 4 is 21.9 Å². The third-order valence-corrected chi connectivity index (χ3v) is 15.2. The zero-order chi connectivity index (χ0) is 35.3. The largest absolute Gasteiger partial charge is 0.534 e. The third kappa shape index (κ3) is 5.04. The van der Waals surface area contributed by atoms with Gasteiger partial charge in [0.2, 0.25) is 0 Å². The molecule has 0 unspecified atom stereocenters. The Hall–Kier alpha value is -2.62. The normalized spacial score (nSPS) is 40.6. The molecule has 48 heavy (non-hydrogen) atoms. The zero-order valence-electron chi connectivity index (χ0n) is 29.1. The Labute approximate surface area is 283 Å². The summed E-state index contributed by atoms with van der Waals surface area (Å²) in [6.07, 6.45) is 8.93. The maximum Gasteiger partial charge on any atom is 0.534 e. The summed E-state index contributed by atoms with van der Waals surface area (Å²) in [4.78, 5) is 28.3. The Kier molecular flexibility index (Phi) is 8.02. The van der Waals surface area contributed by atoms with Crippen LogP contribution >= 0.6 is 0 Å². The molecule has 3 saturated carbocycles. The van der Waals surface area contributed by atoms with Gasteiger partial charge in [0.05, 0.1) is 5.41 Å². The Morgan fingerprint density at radius 1 is 0.938 bits per heavy atom. The molecule has 0 amide bonds. The number of carbonyl (C=O) groups excluding carboxylic acids is 2. The molecule has 0 heterocycles. The van der Waals surface area contributed by atoms with Gasteiger partial charge < -0.3 is 8.92 Å². The topological polar surface area (TPSA) is 86.7 Å². The number of benzene rings is 1. The first-order chi connectivity index (χ1) is 22.0. The van der Waals surface area contributed by atoms with Gasteiger partial charge in [0, 0.05) is 11.3 Å². The lowest BCUT2D eigenvalue weighted by Gasteiger charge is -2.69. The summed E-state index contributed by atoms with van der Waals surface area (Å²) in [5.74, 6) is -1.05. The van der Waals surface area contributed by atoms with Crippen molar-refractivity contribution in [3.63, 3.8) is 0 Å². The molecule has 0 bridgehead atoms. The quantitative estimate of drug-likeness (QED) is 0.174. The molecule has 0 N–H and O–H groups in total. The molecular formula is C38H49F3O6S. The van der Waals surface area contributed by atoms with E-state index in [-0.39, 0.29) is 53.2 Å². The summed E-state index contributed by atoms with van der Waals surface area (Å²) in [6.45, 7) is 14.6. The second-order valence-corrected chi connectivity index (χ2v) is 18.8. The van der Waals surface area contributed by atoms with Crippen molar-refractivity contribution in [3.8, 4) is 0 Å². The van der Waals surface area contributed by atoms with E-state index in [1.165, 1.54) is 6.08 Å². The van der Waals surface area contributed by atoms with Gasteiger partial charge in [0.25, 0.3) is 0 Å². The summed E-state index contributed by atoms with van der Waals surface area (Å²) in [5, 5.41) is 0. The number of alkyl halides is 3. The van der Waals surface area contributed by atoms with Gasteiger partial charge in [-0.3, -0.25) is 9.59 Å². The van der Waals surface area contributed by atoms with Crippen LogP contribution in [-0.2, 0) is 35.2 Å². The Morgan fingerprint density at radius 2 is 1.58 bits per heavy atom. The molecule has 1 aromatic rings. The second-order valence-electron chi connectivity index (χ2n) is 17.3. The van der Waals surface area contributed by atoms with Crippen LogP contribution in [0.5, 0.6) is 0 Å². The van der Waals surface area contributed by atoms with Gasteiger partial charge in [-0.1, -0.05) is 77.4 Å². The van der Waals surface area contributed by atoms with Crippen LogP contribution in [0.1, 0.15) is 105 Å². The molecule has 264 valence electrons. The van der Waals surface area contributed by atoms with Crippen LogP contribution in [0.3, 0.4) is 0 Å². The van der Waals surface area contributed by atoms with Gasteiger partial charge in [0.15, 0.2) is 5.78 Å². The highest BCUT2D eigenvalue weighted by Crippen LogP contribution is 2.75. The van der Waals surface area contributed by atoms with E-state index in [1.807, 2.05) is 43.3 Å². The molecule has 6 nitrogen and oxygen atoms in total. The monoisotopic (exact) mass is 690 g/mol. The fraction of sp³-hybridized carbons (Fsp3) is 0.684. The minimum absolute atomic E-state index is 0.0248. The standard InChI is InChI=1S/C38H49F3O6S/c1-32(2)28-13-16-37(7)30(35(28,5)15-14-29(32)47-48(44,45)38(39,40)41)27(42)21-25-26-22-34(4,18-17-33(26,3)19-20-36(25,37)6)31(43)46-23-24-11-9-8-10-12-24/h8-12,14,21,26,28,30H,13,15-20,22-23H2,1-7H3/t26-,28-,30+,33+,34-,35-,36+,37+/m0/s1. The summed E-state index contributed by atoms with van der Waals surface area (Å²) in [6, 6.07) is 9.64. The van der Waals surface area contributed by atoms with Gasteiger partial charge in [-0.25, -0.2) is 0 Å². The van der Waals surface area contributed by atoms with E-state index >= 15 is 0 Å². The highest BCUT2D eigenvalue weighted by Gasteiger charge is 2.70. The SMILES string of the molecule is CC1(C)C(OS(=O)(=O)C(F)(F)F)=CC[C@]2(C)[C@H]3C(=O)C=C4[C@@H]5C[C@@](C)(C(=O)OCc6ccccc6)CC[C@]5(C)CC[C@@]4(C)[C@]3(C)CC[C@@H]12. The third-order valence-electron chi connectivity index (χ3n) is 14.3. The van der Waals surface area contributed by atoms with E-state index in [9.17, 15) is 31.2 Å². The maximum atomic E-state index is 14.6. The van der Waals surface area contributed by atoms with Crippen molar-refractivity contribution < 1.29 is 40.1 Å². The number of hydrogen-bond acceptors (Lipinski definition) is 6. The summed E-state index contributed by atoms with van der Waals surface area (Å²) < 4.78 is 74.6. The second kappa shape index (κ2) is 10.9. The van der Waals surface area contributed by atoms with Crippen LogP contribution in [-0.4, -0.2) is 25.7 Å². The molecule has 0 spiro atoms. The van der Waals surface area contributed by atoms with Crippen molar-refractivity contribution in [1.82, 2.24) is 0 Å².